The van der Waals surface area contributed by atoms with Gasteiger partial charge in [-0.05, 0) is 25.3 Å². The summed E-state index contributed by atoms with van der Waals surface area (Å²) >= 11 is 0. The first-order valence-electron chi connectivity index (χ1n) is 9.75. The van der Waals surface area contributed by atoms with Crippen molar-refractivity contribution >= 4 is 11.8 Å². The Morgan fingerprint density at radius 2 is 2.14 bits per heavy atom. The Morgan fingerprint density at radius 3 is 2.86 bits per heavy atom. The summed E-state index contributed by atoms with van der Waals surface area (Å²) in [6.07, 6.45) is 5.21. The molecule has 4 atom stereocenters. The van der Waals surface area contributed by atoms with E-state index < -0.39 is 6.04 Å². The Labute approximate surface area is 167 Å². The smallest absolute Gasteiger partial charge is 0.271 e. The molecule has 0 spiro atoms. The van der Waals surface area contributed by atoms with Crippen LogP contribution in [0.25, 0.3) is 0 Å². The number of hydrogen-bond acceptors (Lipinski definition) is 6. The molecule has 9 nitrogen and oxygen atoms in total. The van der Waals surface area contributed by atoms with Gasteiger partial charge in [0.1, 0.15) is 5.69 Å². The summed E-state index contributed by atoms with van der Waals surface area (Å²) in [5, 5.41) is 2.88. The van der Waals surface area contributed by atoms with Gasteiger partial charge < -0.3 is 20.5 Å². The number of nitrogens with one attached hydrogen (secondary N) is 1. The highest BCUT2D eigenvalue weighted by Gasteiger charge is 2.42. The van der Waals surface area contributed by atoms with E-state index in [1.54, 1.807) is 22.5 Å². The largest absolute Gasteiger partial charge is 0.349 e. The maximum absolute atomic E-state index is 12.7. The monoisotopic (exact) mass is 396 g/mol. The van der Waals surface area contributed by atoms with E-state index in [0.717, 1.165) is 12.1 Å². The Bertz CT molecular complexity index is 974. The van der Waals surface area contributed by atoms with Crippen LogP contribution in [-0.2, 0) is 4.79 Å². The molecule has 1 saturated heterocycles. The van der Waals surface area contributed by atoms with Crippen LogP contribution in [0.2, 0.25) is 0 Å². The lowest BCUT2D eigenvalue weighted by atomic mass is 9.78. The lowest BCUT2D eigenvalue weighted by molar-refractivity contribution is -0.135. The molecule has 4 heterocycles. The first-order chi connectivity index (χ1) is 14.0. The lowest BCUT2D eigenvalue weighted by Gasteiger charge is -2.47. The number of nitrogens with two attached hydrogens (primary N) is 1. The standard InChI is InChI=1S/C20H24N6O3/c1-12(21)20(29)25-10-13-7-14(11-25)17(26-16(13)3-2-4-18(26)27)9-24-19(28)15-8-22-5-6-23-15/h2-6,8,12-14,17H,7,9-11,21H2,1H3,(H,24,28)/t12-,13-,14+,17+/m1/s1. The zero-order valence-corrected chi connectivity index (χ0v) is 16.2. The molecule has 0 unspecified atom stereocenters. The molecule has 2 aliphatic rings. The highest BCUT2D eigenvalue weighted by molar-refractivity contribution is 5.91. The Morgan fingerprint density at radius 1 is 1.31 bits per heavy atom. The summed E-state index contributed by atoms with van der Waals surface area (Å²) in [4.78, 5) is 47.3. The Balaban J connectivity index is 1.62. The second-order valence-electron chi connectivity index (χ2n) is 7.75. The molecule has 29 heavy (non-hydrogen) atoms. The highest BCUT2D eigenvalue weighted by Crippen LogP contribution is 2.40. The van der Waals surface area contributed by atoms with Gasteiger partial charge in [0.05, 0.1) is 18.3 Å². The number of likely N-dealkylation sites (tertiary alicyclic amines) is 1. The van der Waals surface area contributed by atoms with Crippen molar-refractivity contribution in [2.45, 2.75) is 31.3 Å². The average Bonchev–Trinajstić information content (AvgIpc) is 2.73. The molecule has 2 aromatic rings. The molecule has 9 heteroatoms. The molecule has 2 aliphatic heterocycles. The van der Waals surface area contributed by atoms with Crippen LogP contribution in [-0.4, -0.2) is 56.9 Å². The highest BCUT2D eigenvalue weighted by atomic mass is 16.2. The van der Waals surface area contributed by atoms with Crippen LogP contribution in [0, 0.1) is 5.92 Å². The molecular weight excluding hydrogens is 372 g/mol. The minimum Gasteiger partial charge on any atom is -0.349 e. The van der Waals surface area contributed by atoms with E-state index >= 15 is 0 Å². The number of piperidine rings is 1. The molecule has 0 aliphatic carbocycles. The van der Waals surface area contributed by atoms with Crippen LogP contribution in [0.15, 0.2) is 41.6 Å². The van der Waals surface area contributed by atoms with Crippen molar-refractivity contribution in [1.82, 2.24) is 24.8 Å². The van der Waals surface area contributed by atoms with Gasteiger partial charge in [0.25, 0.3) is 11.5 Å². The van der Waals surface area contributed by atoms with Crippen molar-refractivity contribution in [3.05, 3.63) is 58.5 Å². The molecule has 0 radical (unpaired) electrons. The first kappa shape index (κ1) is 19.3. The fraction of sp³-hybridized carbons (Fsp3) is 0.450. The van der Waals surface area contributed by atoms with Crippen LogP contribution >= 0.6 is 0 Å². The zero-order valence-electron chi connectivity index (χ0n) is 16.2. The third-order valence-electron chi connectivity index (χ3n) is 5.77. The zero-order chi connectivity index (χ0) is 20.5. The third-order valence-corrected chi connectivity index (χ3v) is 5.77. The molecule has 2 aromatic heterocycles. The number of nitrogens with zero attached hydrogens (tertiary/aromatic N) is 4. The quantitative estimate of drug-likeness (QED) is 0.744. The predicted molar refractivity (Wildman–Crippen MR) is 105 cm³/mol. The molecule has 0 aromatic carbocycles. The summed E-state index contributed by atoms with van der Waals surface area (Å²) in [6, 6.07) is 4.39. The summed E-state index contributed by atoms with van der Waals surface area (Å²) in [5.41, 5.74) is 6.84. The van der Waals surface area contributed by atoms with E-state index in [4.69, 9.17) is 5.73 Å². The van der Waals surface area contributed by atoms with E-state index in [1.807, 2.05) is 6.07 Å². The number of amides is 2. The third kappa shape index (κ3) is 3.65. The van der Waals surface area contributed by atoms with Gasteiger partial charge in [-0.3, -0.25) is 19.4 Å². The summed E-state index contributed by atoms with van der Waals surface area (Å²) < 4.78 is 1.78. The van der Waals surface area contributed by atoms with Gasteiger partial charge in [-0.15, -0.1) is 0 Å². The molecule has 152 valence electrons. The second-order valence-corrected chi connectivity index (χ2v) is 7.75. The minimum absolute atomic E-state index is 0.0474. The van der Waals surface area contributed by atoms with Crippen LogP contribution in [0.1, 0.15) is 41.5 Å². The lowest BCUT2D eigenvalue weighted by Crippen LogP contribution is -2.55. The number of carbonyl (C=O) groups is 2. The summed E-state index contributed by atoms with van der Waals surface area (Å²) in [7, 11) is 0. The van der Waals surface area contributed by atoms with Crippen LogP contribution in [0.4, 0.5) is 0 Å². The maximum atomic E-state index is 12.7. The van der Waals surface area contributed by atoms with Gasteiger partial charge in [-0.1, -0.05) is 6.07 Å². The van der Waals surface area contributed by atoms with Gasteiger partial charge in [-0.2, -0.15) is 0 Å². The predicted octanol–water partition coefficient (Wildman–Crippen LogP) is -0.0977. The number of carbonyl (C=O) groups excluding carboxylic acids is 2. The SMILES string of the molecule is C[C@@H](N)C(=O)N1C[C@H]2C[C@@H](C1)[C@H](CNC(=O)c1cnccn1)n1c2cccc1=O. The van der Waals surface area contributed by atoms with Crippen molar-refractivity contribution < 1.29 is 9.59 Å². The van der Waals surface area contributed by atoms with Crippen LogP contribution in [0.5, 0.6) is 0 Å². The van der Waals surface area contributed by atoms with Crippen molar-refractivity contribution in [1.29, 1.82) is 0 Å². The number of hydrogen-bond donors (Lipinski definition) is 2. The number of rotatable bonds is 4. The fourth-order valence-corrected chi connectivity index (χ4v) is 4.48. The maximum Gasteiger partial charge on any atom is 0.271 e. The van der Waals surface area contributed by atoms with E-state index in [0.29, 0.717) is 13.1 Å². The summed E-state index contributed by atoms with van der Waals surface area (Å²) in [6.45, 7) is 3.02. The molecule has 4 rings (SSSR count). The molecule has 0 saturated carbocycles. The Hall–Kier alpha value is -3.07. The molecule has 1 fully saturated rings. The molecular formula is C20H24N6O3. The van der Waals surface area contributed by atoms with Crippen LogP contribution < -0.4 is 16.6 Å². The molecule has 2 bridgehead atoms. The van der Waals surface area contributed by atoms with Gasteiger partial charge >= 0.3 is 0 Å². The minimum atomic E-state index is -0.568. The van der Waals surface area contributed by atoms with Crippen molar-refractivity contribution in [2.24, 2.45) is 11.7 Å². The van der Waals surface area contributed by atoms with E-state index in [2.05, 4.69) is 15.3 Å². The number of pyridine rings is 1. The van der Waals surface area contributed by atoms with Gasteiger partial charge in [0, 0.05) is 49.7 Å². The average molecular weight is 396 g/mol. The Kier molecular flexibility index (Phi) is 5.14. The van der Waals surface area contributed by atoms with Crippen LogP contribution in [0.3, 0.4) is 0 Å². The fourth-order valence-electron chi connectivity index (χ4n) is 4.48. The number of aromatic nitrogens is 3. The van der Waals surface area contributed by atoms with Crippen molar-refractivity contribution in [3.63, 3.8) is 0 Å². The van der Waals surface area contributed by atoms with E-state index in [1.165, 1.54) is 24.7 Å². The van der Waals surface area contributed by atoms with E-state index in [-0.39, 0.29) is 47.5 Å². The summed E-state index contributed by atoms with van der Waals surface area (Å²) in [5.74, 6) is -0.303. The van der Waals surface area contributed by atoms with E-state index in [9.17, 15) is 14.4 Å². The first-order valence-corrected chi connectivity index (χ1v) is 9.75. The topological polar surface area (TPSA) is 123 Å². The van der Waals surface area contributed by atoms with Gasteiger partial charge in [-0.25, -0.2) is 4.98 Å². The van der Waals surface area contributed by atoms with Crippen molar-refractivity contribution in [2.75, 3.05) is 19.6 Å². The van der Waals surface area contributed by atoms with Gasteiger partial charge in [0.2, 0.25) is 5.91 Å². The second kappa shape index (κ2) is 7.75. The normalized spacial score (nSPS) is 23.8. The number of fused-ring (bicyclic) bond motifs is 4. The molecule has 2 amide bonds. The van der Waals surface area contributed by atoms with Crippen molar-refractivity contribution in [3.8, 4) is 0 Å². The van der Waals surface area contributed by atoms with Gasteiger partial charge in [0.15, 0.2) is 0 Å². The molecule has 3 N–H and O–H groups in total.